The van der Waals surface area contributed by atoms with E-state index in [0.29, 0.717) is 17.3 Å². The van der Waals surface area contributed by atoms with Crippen molar-refractivity contribution in [1.82, 2.24) is 15.3 Å². The lowest BCUT2D eigenvalue weighted by molar-refractivity contribution is 0.356. The number of nitrogens with one attached hydrogen (secondary N) is 2. The number of anilines is 1. The molecule has 0 aliphatic heterocycles. The van der Waals surface area contributed by atoms with E-state index in [0.717, 1.165) is 29.8 Å². The minimum Gasteiger partial charge on any atom is -0.493 e. The summed E-state index contributed by atoms with van der Waals surface area (Å²) in [6.07, 6.45) is 0. The summed E-state index contributed by atoms with van der Waals surface area (Å²) >= 11 is 1.81. The third-order valence-corrected chi connectivity index (χ3v) is 6.87. The molecule has 2 heterocycles. The van der Waals surface area contributed by atoms with Crippen molar-refractivity contribution in [2.45, 2.75) is 33.4 Å². The molecule has 33 heavy (non-hydrogen) atoms. The van der Waals surface area contributed by atoms with Crippen LogP contribution in [-0.4, -0.2) is 30.7 Å². The molecule has 2 aromatic carbocycles. The second kappa shape index (κ2) is 10.2. The second-order valence-electron chi connectivity index (χ2n) is 7.85. The minimum atomic E-state index is 0.0790. The molecule has 0 bridgehead atoms. The highest BCUT2D eigenvalue weighted by Gasteiger charge is 2.16. The maximum Gasteiger partial charge on any atom is 0.162 e. The van der Waals surface area contributed by atoms with Crippen molar-refractivity contribution in [2.75, 3.05) is 26.1 Å². The molecule has 0 amide bonds. The Morgan fingerprint density at radius 2 is 1.76 bits per heavy atom. The summed E-state index contributed by atoms with van der Waals surface area (Å²) in [7, 11) is 3.26. The van der Waals surface area contributed by atoms with Gasteiger partial charge >= 0.3 is 0 Å². The Morgan fingerprint density at radius 1 is 1.00 bits per heavy atom. The van der Waals surface area contributed by atoms with Crippen LogP contribution in [0.1, 0.15) is 36.2 Å². The molecule has 2 aromatic heterocycles. The lowest BCUT2D eigenvalue weighted by Gasteiger charge is -2.16. The highest BCUT2D eigenvalue weighted by Crippen LogP contribution is 2.37. The van der Waals surface area contributed by atoms with Crippen LogP contribution in [0.25, 0.3) is 21.3 Å². The molecule has 2 N–H and O–H groups in total. The molecule has 4 rings (SSSR count). The Balaban J connectivity index is 1.64. The fraction of sp³-hybridized carbons (Fsp3) is 0.308. The standard InChI is InChI=1S/C26H30N4O2S/c1-6-27-15-18-9-7-8-10-19(18)25-12-11-24(33-25)16(2)28-26-20-13-22(31-4)23(32-5)14-21(20)29-17(3)30-26/h7-14,16,27H,6,15H2,1-5H3,(H,28,29,30). The Labute approximate surface area is 199 Å². The van der Waals surface area contributed by atoms with E-state index in [1.54, 1.807) is 25.6 Å². The van der Waals surface area contributed by atoms with Crippen molar-refractivity contribution in [2.24, 2.45) is 0 Å². The predicted octanol–water partition coefficient (Wildman–Crippen LogP) is 5.97. The highest BCUT2D eigenvalue weighted by atomic mass is 32.1. The lowest BCUT2D eigenvalue weighted by Crippen LogP contribution is -2.12. The second-order valence-corrected chi connectivity index (χ2v) is 8.96. The summed E-state index contributed by atoms with van der Waals surface area (Å²) in [6, 6.07) is 16.9. The number of methoxy groups -OCH3 is 2. The molecular formula is C26H30N4O2S. The maximum atomic E-state index is 5.50. The smallest absolute Gasteiger partial charge is 0.162 e. The van der Waals surface area contributed by atoms with Gasteiger partial charge in [0.1, 0.15) is 11.6 Å². The molecular weight excluding hydrogens is 432 g/mol. The number of rotatable bonds is 9. The van der Waals surface area contributed by atoms with Crippen LogP contribution in [0.2, 0.25) is 0 Å². The summed E-state index contributed by atoms with van der Waals surface area (Å²) in [5.74, 6) is 2.80. The first-order valence-electron chi connectivity index (χ1n) is 11.1. The third-order valence-electron chi connectivity index (χ3n) is 5.57. The van der Waals surface area contributed by atoms with Gasteiger partial charge in [-0.1, -0.05) is 31.2 Å². The van der Waals surface area contributed by atoms with E-state index in [4.69, 9.17) is 9.47 Å². The van der Waals surface area contributed by atoms with Crippen LogP contribution in [-0.2, 0) is 6.54 Å². The normalized spacial score (nSPS) is 12.0. The SMILES string of the molecule is CCNCc1ccccc1-c1ccc(C(C)Nc2nc(C)nc3cc(OC)c(OC)cc23)s1. The first-order chi connectivity index (χ1) is 16.0. The van der Waals surface area contributed by atoms with E-state index in [1.165, 1.54) is 20.9 Å². The van der Waals surface area contributed by atoms with Crippen LogP contribution in [0.3, 0.4) is 0 Å². The zero-order valence-electron chi connectivity index (χ0n) is 19.7. The van der Waals surface area contributed by atoms with Gasteiger partial charge < -0.3 is 20.1 Å². The van der Waals surface area contributed by atoms with Crippen molar-refractivity contribution in [3.63, 3.8) is 0 Å². The van der Waals surface area contributed by atoms with Crippen LogP contribution < -0.4 is 20.1 Å². The molecule has 6 nitrogen and oxygen atoms in total. The van der Waals surface area contributed by atoms with Crippen LogP contribution in [0, 0.1) is 6.92 Å². The van der Waals surface area contributed by atoms with E-state index in [9.17, 15) is 0 Å². The molecule has 0 spiro atoms. The summed E-state index contributed by atoms with van der Waals surface area (Å²) in [5, 5.41) is 7.93. The molecule has 0 radical (unpaired) electrons. The first kappa shape index (κ1) is 23.0. The van der Waals surface area contributed by atoms with E-state index >= 15 is 0 Å². The Kier molecular flexibility index (Phi) is 7.11. The van der Waals surface area contributed by atoms with Gasteiger partial charge in [-0.3, -0.25) is 0 Å². The fourth-order valence-corrected chi connectivity index (χ4v) is 4.93. The summed E-state index contributed by atoms with van der Waals surface area (Å²) < 4.78 is 10.9. The zero-order chi connectivity index (χ0) is 23.4. The predicted molar refractivity (Wildman–Crippen MR) is 137 cm³/mol. The number of ether oxygens (including phenoxy) is 2. The summed E-state index contributed by atoms with van der Waals surface area (Å²) in [5.41, 5.74) is 3.41. The molecule has 0 aliphatic carbocycles. The fourth-order valence-electron chi connectivity index (χ4n) is 3.86. The average Bonchev–Trinajstić information content (AvgIpc) is 3.32. The van der Waals surface area contributed by atoms with E-state index in [-0.39, 0.29) is 6.04 Å². The van der Waals surface area contributed by atoms with Crippen LogP contribution in [0.5, 0.6) is 11.5 Å². The molecule has 0 aliphatic rings. The van der Waals surface area contributed by atoms with Gasteiger partial charge in [0.25, 0.3) is 0 Å². The number of nitrogens with zero attached hydrogens (tertiary/aromatic N) is 2. The number of thiophene rings is 1. The van der Waals surface area contributed by atoms with Gasteiger partial charge in [-0.2, -0.15) is 0 Å². The molecule has 1 atom stereocenters. The zero-order valence-corrected chi connectivity index (χ0v) is 20.5. The molecule has 0 saturated heterocycles. The molecule has 1 unspecified atom stereocenters. The summed E-state index contributed by atoms with van der Waals surface area (Å²) in [6.45, 7) is 8.00. The quantitative estimate of drug-likeness (QED) is 0.320. The Morgan fingerprint density at radius 3 is 2.52 bits per heavy atom. The van der Waals surface area contributed by atoms with E-state index in [1.807, 2.05) is 19.1 Å². The number of hydrogen-bond acceptors (Lipinski definition) is 7. The monoisotopic (exact) mass is 462 g/mol. The van der Waals surface area contributed by atoms with Gasteiger partial charge in [0, 0.05) is 27.8 Å². The minimum absolute atomic E-state index is 0.0790. The third kappa shape index (κ3) is 4.94. The van der Waals surface area contributed by atoms with Gasteiger partial charge in [-0.25, -0.2) is 9.97 Å². The van der Waals surface area contributed by atoms with Gasteiger partial charge in [0.2, 0.25) is 0 Å². The van der Waals surface area contributed by atoms with Crippen molar-refractivity contribution < 1.29 is 9.47 Å². The van der Waals surface area contributed by atoms with Gasteiger partial charge in [0.15, 0.2) is 11.5 Å². The first-order valence-corrected chi connectivity index (χ1v) is 11.9. The summed E-state index contributed by atoms with van der Waals surface area (Å²) in [4.78, 5) is 11.8. The average molecular weight is 463 g/mol. The largest absolute Gasteiger partial charge is 0.493 e. The molecule has 172 valence electrons. The number of benzene rings is 2. The van der Waals surface area contributed by atoms with Crippen LogP contribution in [0.15, 0.2) is 48.5 Å². The van der Waals surface area contributed by atoms with Gasteiger partial charge in [-0.15, -0.1) is 11.3 Å². The van der Waals surface area contributed by atoms with Crippen LogP contribution in [0.4, 0.5) is 5.82 Å². The number of aromatic nitrogens is 2. The molecule has 4 aromatic rings. The molecule has 7 heteroatoms. The van der Waals surface area contributed by atoms with Gasteiger partial charge in [0.05, 0.1) is 25.8 Å². The maximum absolute atomic E-state index is 5.50. The number of aryl methyl sites for hydroxylation is 1. The number of fused-ring (bicyclic) bond motifs is 1. The molecule has 0 saturated carbocycles. The van der Waals surface area contributed by atoms with Crippen LogP contribution >= 0.6 is 11.3 Å². The topological polar surface area (TPSA) is 68.3 Å². The Hall–Kier alpha value is -3.16. The van der Waals surface area contributed by atoms with Crippen molar-refractivity contribution in [3.8, 4) is 21.9 Å². The highest BCUT2D eigenvalue weighted by molar-refractivity contribution is 7.15. The number of hydrogen-bond donors (Lipinski definition) is 2. The Bertz CT molecular complexity index is 1250. The van der Waals surface area contributed by atoms with Crippen molar-refractivity contribution in [1.29, 1.82) is 0 Å². The lowest BCUT2D eigenvalue weighted by atomic mass is 10.1. The van der Waals surface area contributed by atoms with E-state index < -0.39 is 0 Å². The molecule has 0 fully saturated rings. The van der Waals surface area contributed by atoms with Gasteiger partial charge in [-0.05, 0) is 49.7 Å². The van der Waals surface area contributed by atoms with Crippen molar-refractivity contribution >= 4 is 28.1 Å². The van der Waals surface area contributed by atoms with E-state index in [2.05, 4.69) is 70.8 Å². The van der Waals surface area contributed by atoms with Crippen molar-refractivity contribution in [3.05, 3.63) is 64.8 Å².